The van der Waals surface area contributed by atoms with E-state index in [1.165, 1.54) is 6.21 Å². The highest BCUT2D eigenvalue weighted by Gasteiger charge is 2.14. The SMILES string of the molecule is Cc1c(Cl)cccc1NC(=O)C(=O)N/N=C/c1ccc(OCc2ccccc2)cc1. The third-order valence-electron chi connectivity index (χ3n) is 4.23. The van der Waals surface area contributed by atoms with E-state index in [9.17, 15) is 9.59 Å². The Labute approximate surface area is 179 Å². The van der Waals surface area contributed by atoms with E-state index < -0.39 is 11.8 Å². The fraction of sp³-hybridized carbons (Fsp3) is 0.0870. The van der Waals surface area contributed by atoms with Crippen LogP contribution in [0.2, 0.25) is 5.02 Å². The molecule has 2 N–H and O–H groups in total. The number of hydrazone groups is 1. The van der Waals surface area contributed by atoms with Crippen LogP contribution >= 0.6 is 11.6 Å². The predicted octanol–water partition coefficient (Wildman–Crippen LogP) is 4.32. The number of anilines is 1. The van der Waals surface area contributed by atoms with E-state index in [4.69, 9.17) is 16.3 Å². The maximum Gasteiger partial charge on any atom is 0.329 e. The van der Waals surface area contributed by atoms with Gasteiger partial charge in [0.25, 0.3) is 0 Å². The first-order valence-electron chi connectivity index (χ1n) is 9.19. The third kappa shape index (κ3) is 5.93. The number of carbonyl (C=O) groups excluding carboxylic acids is 2. The summed E-state index contributed by atoms with van der Waals surface area (Å²) in [6.07, 6.45) is 1.44. The molecule has 0 aliphatic carbocycles. The van der Waals surface area contributed by atoms with Crippen LogP contribution < -0.4 is 15.5 Å². The third-order valence-corrected chi connectivity index (χ3v) is 4.64. The van der Waals surface area contributed by atoms with Crippen molar-refractivity contribution in [3.63, 3.8) is 0 Å². The Balaban J connectivity index is 1.49. The van der Waals surface area contributed by atoms with Gasteiger partial charge in [-0.1, -0.05) is 48.0 Å². The van der Waals surface area contributed by atoms with E-state index in [1.807, 2.05) is 30.3 Å². The van der Waals surface area contributed by atoms with E-state index in [1.54, 1.807) is 49.4 Å². The van der Waals surface area contributed by atoms with E-state index in [0.717, 1.165) is 16.9 Å². The summed E-state index contributed by atoms with van der Waals surface area (Å²) in [5.74, 6) is -0.994. The van der Waals surface area contributed by atoms with E-state index in [0.29, 0.717) is 22.9 Å². The lowest BCUT2D eigenvalue weighted by molar-refractivity contribution is -0.136. The zero-order valence-corrected chi connectivity index (χ0v) is 17.0. The zero-order chi connectivity index (χ0) is 21.3. The van der Waals surface area contributed by atoms with Gasteiger partial charge in [0.15, 0.2) is 0 Å². The molecule has 3 rings (SSSR count). The van der Waals surface area contributed by atoms with Gasteiger partial charge in [-0.2, -0.15) is 5.10 Å². The minimum Gasteiger partial charge on any atom is -0.489 e. The summed E-state index contributed by atoms with van der Waals surface area (Å²) in [4.78, 5) is 23.9. The summed E-state index contributed by atoms with van der Waals surface area (Å²) < 4.78 is 5.72. The fourth-order valence-corrected chi connectivity index (χ4v) is 2.70. The Morgan fingerprint density at radius 3 is 2.43 bits per heavy atom. The second kappa shape index (κ2) is 10.2. The number of benzene rings is 3. The maximum absolute atomic E-state index is 12.0. The Morgan fingerprint density at radius 2 is 1.70 bits per heavy atom. The topological polar surface area (TPSA) is 79.8 Å². The summed E-state index contributed by atoms with van der Waals surface area (Å²) in [5, 5.41) is 6.83. The average molecular weight is 422 g/mol. The summed E-state index contributed by atoms with van der Waals surface area (Å²) in [7, 11) is 0. The van der Waals surface area contributed by atoms with Crippen LogP contribution in [0, 0.1) is 6.92 Å². The monoisotopic (exact) mass is 421 g/mol. The van der Waals surface area contributed by atoms with Gasteiger partial charge in [0.05, 0.1) is 6.21 Å². The molecule has 0 spiro atoms. The molecule has 0 saturated heterocycles. The Kier molecular flexibility index (Phi) is 7.19. The second-order valence-electron chi connectivity index (χ2n) is 6.41. The number of hydrogen-bond donors (Lipinski definition) is 2. The van der Waals surface area contributed by atoms with Crippen LogP contribution in [0.3, 0.4) is 0 Å². The van der Waals surface area contributed by atoms with Crippen molar-refractivity contribution in [1.82, 2.24) is 5.43 Å². The van der Waals surface area contributed by atoms with Crippen molar-refractivity contribution in [2.75, 3.05) is 5.32 Å². The molecule has 0 bridgehead atoms. The van der Waals surface area contributed by atoms with E-state index in [-0.39, 0.29) is 0 Å². The summed E-state index contributed by atoms with van der Waals surface area (Å²) in [5.41, 5.74) is 5.17. The molecule has 7 heteroatoms. The molecule has 0 saturated carbocycles. The number of ether oxygens (including phenoxy) is 1. The molecular weight excluding hydrogens is 402 g/mol. The number of hydrogen-bond acceptors (Lipinski definition) is 4. The first-order chi connectivity index (χ1) is 14.5. The highest BCUT2D eigenvalue weighted by atomic mass is 35.5. The van der Waals surface area contributed by atoms with Gasteiger partial charge in [0.2, 0.25) is 0 Å². The van der Waals surface area contributed by atoms with Gasteiger partial charge in [-0.3, -0.25) is 9.59 Å². The van der Waals surface area contributed by atoms with Crippen molar-refractivity contribution >= 4 is 35.3 Å². The molecule has 0 heterocycles. The molecule has 0 radical (unpaired) electrons. The number of rotatable bonds is 6. The van der Waals surface area contributed by atoms with Crippen LogP contribution in [0.15, 0.2) is 77.9 Å². The molecule has 0 atom stereocenters. The minimum atomic E-state index is -0.881. The number of nitrogens with one attached hydrogen (secondary N) is 2. The van der Waals surface area contributed by atoms with E-state index >= 15 is 0 Å². The van der Waals surface area contributed by atoms with Crippen LogP contribution in [0.1, 0.15) is 16.7 Å². The van der Waals surface area contributed by atoms with Gasteiger partial charge < -0.3 is 10.1 Å². The van der Waals surface area contributed by atoms with Crippen molar-refractivity contribution in [3.05, 3.63) is 94.5 Å². The van der Waals surface area contributed by atoms with Crippen LogP contribution in [-0.4, -0.2) is 18.0 Å². The summed E-state index contributed by atoms with van der Waals surface area (Å²) in [6, 6.07) is 22.1. The maximum atomic E-state index is 12.0. The molecule has 152 valence electrons. The summed E-state index contributed by atoms with van der Waals surface area (Å²) >= 11 is 6.01. The molecule has 3 aromatic rings. The molecule has 0 aliphatic rings. The van der Waals surface area contributed by atoms with Crippen molar-refractivity contribution in [2.24, 2.45) is 5.10 Å². The Hall–Kier alpha value is -3.64. The second-order valence-corrected chi connectivity index (χ2v) is 6.82. The van der Waals surface area contributed by atoms with Gasteiger partial charge in [-0.15, -0.1) is 0 Å². The van der Waals surface area contributed by atoms with Crippen molar-refractivity contribution < 1.29 is 14.3 Å². The van der Waals surface area contributed by atoms with Gasteiger partial charge in [0.1, 0.15) is 12.4 Å². The first kappa shape index (κ1) is 21.1. The largest absolute Gasteiger partial charge is 0.489 e. The number of carbonyl (C=O) groups is 2. The van der Waals surface area contributed by atoms with Crippen molar-refractivity contribution in [1.29, 1.82) is 0 Å². The number of halogens is 1. The van der Waals surface area contributed by atoms with Crippen molar-refractivity contribution in [2.45, 2.75) is 13.5 Å². The fourth-order valence-electron chi connectivity index (χ4n) is 2.53. The van der Waals surface area contributed by atoms with Gasteiger partial charge in [0, 0.05) is 10.7 Å². The lowest BCUT2D eigenvalue weighted by Crippen LogP contribution is -2.32. The average Bonchev–Trinajstić information content (AvgIpc) is 2.77. The lowest BCUT2D eigenvalue weighted by atomic mass is 10.2. The van der Waals surface area contributed by atoms with E-state index in [2.05, 4.69) is 15.8 Å². The predicted molar refractivity (Wildman–Crippen MR) is 118 cm³/mol. The van der Waals surface area contributed by atoms with Gasteiger partial charge in [-0.25, -0.2) is 5.43 Å². The first-order valence-corrected chi connectivity index (χ1v) is 9.57. The smallest absolute Gasteiger partial charge is 0.329 e. The minimum absolute atomic E-state index is 0.470. The summed E-state index contributed by atoms with van der Waals surface area (Å²) in [6.45, 7) is 2.23. The molecule has 0 unspecified atom stereocenters. The van der Waals surface area contributed by atoms with Gasteiger partial charge >= 0.3 is 11.8 Å². The molecule has 2 amide bonds. The van der Waals surface area contributed by atoms with Crippen LogP contribution in [0.4, 0.5) is 5.69 Å². The van der Waals surface area contributed by atoms with Gasteiger partial charge in [-0.05, 0) is 60.0 Å². The molecule has 30 heavy (non-hydrogen) atoms. The number of nitrogens with zero attached hydrogens (tertiary/aromatic N) is 1. The Morgan fingerprint density at radius 1 is 0.967 bits per heavy atom. The standard InChI is InChI=1S/C23H20ClN3O3/c1-16-20(24)8-5-9-21(16)26-22(28)23(29)27-25-14-17-10-12-19(13-11-17)30-15-18-6-3-2-4-7-18/h2-14H,15H2,1H3,(H,26,28)(H,27,29)/b25-14+. The lowest BCUT2D eigenvalue weighted by Gasteiger charge is -2.08. The Bertz CT molecular complexity index is 1050. The zero-order valence-electron chi connectivity index (χ0n) is 16.3. The van der Waals surface area contributed by atoms with Crippen LogP contribution in [0.5, 0.6) is 5.75 Å². The number of amides is 2. The molecule has 3 aromatic carbocycles. The molecular formula is C23H20ClN3O3. The van der Waals surface area contributed by atoms with Crippen molar-refractivity contribution in [3.8, 4) is 5.75 Å². The normalized spacial score (nSPS) is 10.6. The quantitative estimate of drug-likeness (QED) is 0.353. The highest BCUT2D eigenvalue weighted by Crippen LogP contribution is 2.22. The highest BCUT2D eigenvalue weighted by molar-refractivity contribution is 6.40. The molecule has 6 nitrogen and oxygen atoms in total. The molecule has 0 aliphatic heterocycles. The van der Waals surface area contributed by atoms with Crippen LogP contribution in [-0.2, 0) is 16.2 Å². The van der Waals surface area contributed by atoms with Crippen LogP contribution in [0.25, 0.3) is 0 Å². The molecule has 0 aromatic heterocycles. The molecule has 0 fully saturated rings.